The molecule has 1 atom stereocenters. The van der Waals surface area contributed by atoms with Crippen molar-refractivity contribution < 1.29 is 18.0 Å². The highest BCUT2D eigenvalue weighted by Gasteiger charge is 2.30. The van der Waals surface area contributed by atoms with Crippen molar-refractivity contribution in [3.8, 4) is 0 Å². The summed E-state index contributed by atoms with van der Waals surface area (Å²) in [5, 5.41) is 3.46. The number of carbonyl (C=O) groups is 2. The molecule has 40 heavy (non-hydrogen) atoms. The first kappa shape index (κ1) is 31.2. The molecule has 9 heteroatoms. The zero-order valence-electron chi connectivity index (χ0n) is 23.3. The SMILES string of the molecule is CCNC(=O)[C@@H](Cc1ccccc1)N(Cc1ccc(Cl)cc1)C(=O)CCCN(c1ccc(CC)cc1)S(C)(=O)=O. The van der Waals surface area contributed by atoms with E-state index >= 15 is 0 Å². The lowest BCUT2D eigenvalue weighted by Crippen LogP contribution is -2.50. The molecule has 2 amide bonds. The Morgan fingerprint density at radius 2 is 1.50 bits per heavy atom. The first-order chi connectivity index (χ1) is 19.1. The third-order valence-electron chi connectivity index (χ3n) is 6.67. The summed E-state index contributed by atoms with van der Waals surface area (Å²) in [6, 6.07) is 23.4. The maximum absolute atomic E-state index is 13.8. The summed E-state index contributed by atoms with van der Waals surface area (Å²) in [4.78, 5) is 28.6. The van der Waals surface area contributed by atoms with Gasteiger partial charge in [0.1, 0.15) is 6.04 Å². The van der Waals surface area contributed by atoms with E-state index in [1.807, 2.05) is 68.4 Å². The molecule has 0 spiro atoms. The zero-order chi connectivity index (χ0) is 29.1. The van der Waals surface area contributed by atoms with Crippen LogP contribution in [0.1, 0.15) is 43.4 Å². The van der Waals surface area contributed by atoms with Crippen molar-refractivity contribution in [2.75, 3.05) is 23.7 Å². The average molecular weight is 584 g/mol. The first-order valence-corrected chi connectivity index (χ1v) is 15.8. The van der Waals surface area contributed by atoms with Gasteiger partial charge in [0.15, 0.2) is 0 Å². The molecule has 3 rings (SSSR count). The van der Waals surface area contributed by atoms with Gasteiger partial charge in [-0.1, -0.05) is 73.1 Å². The van der Waals surface area contributed by atoms with Crippen molar-refractivity contribution in [3.63, 3.8) is 0 Å². The number of benzene rings is 3. The van der Waals surface area contributed by atoms with Crippen LogP contribution in [0.25, 0.3) is 0 Å². The fraction of sp³-hybridized carbons (Fsp3) is 0.355. The van der Waals surface area contributed by atoms with Gasteiger partial charge in [0.2, 0.25) is 21.8 Å². The molecule has 0 bridgehead atoms. The van der Waals surface area contributed by atoms with E-state index in [2.05, 4.69) is 5.32 Å². The van der Waals surface area contributed by atoms with E-state index in [-0.39, 0.29) is 31.3 Å². The maximum atomic E-state index is 13.8. The van der Waals surface area contributed by atoms with Gasteiger partial charge in [0.25, 0.3) is 0 Å². The van der Waals surface area contributed by atoms with Gasteiger partial charge in [-0.2, -0.15) is 0 Å². The van der Waals surface area contributed by atoms with Crippen LogP contribution in [0, 0.1) is 0 Å². The summed E-state index contributed by atoms with van der Waals surface area (Å²) in [6.45, 7) is 4.69. The highest BCUT2D eigenvalue weighted by Crippen LogP contribution is 2.21. The van der Waals surface area contributed by atoms with Crippen molar-refractivity contribution in [2.24, 2.45) is 0 Å². The minimum Gasteiger partial charge on any atom is -0.355 e. The van der Waals surface area contributed by atoms with E-state index in [9.17, 15) is 18.0 Å². The second-order valence-corrected chi connectivity index (χ2v) is 12.1. The molecule has 0 aliphatic rings. The normalized spacial score (nSPS) is 12.0. The second kappa shape index (κ2) is 14.9. The molecule has 0 heterocycles. The lowest BCUT2D eigenvalue weighted by Gasteiger charge is -2.32. The minimum atomic E-state index is -3.55. The molecule has 0 saturated carbocycles. The van der Waals surface area contributed by atoms with Gasteiger partial charge >= 0.3 is 0 Å². The molecule has 0 saturated heterocycles. The summed E-state index contributed by atoms with van der Waals surface area (Å²) < 4.78 is 26.5. The lowest BCUT2D eigenvalue weighted by molar-refractivity contribution is -0.141. The van der Waals surface area contributed by atoms with Crippen LogP contribution < -0.4 is 9.62 Å². The Kier molecular flexibility index (Phi) is 11.6. The number of rotatable bonds is 14. The van der Waals surface area contributed by atoms with Crippen LogP contribution in [0.5, 0.6) is 0 Å². The molecule has 0 unspecified atom stereocenters. The molecule has 0 aromatic heterocycles. The number of sulfonamides is 1. The van der Waals surface area contributed by atoms with Gasteiger partial charge < -0.3 is 10.2 Å². The molecule has 3 aromatic rings. The predicted molar refractivity (Wildman–Crippen MR) is 162 cm³/mol. The number of nitrogens with zero attached hydrogens (tertiary/aromatic N) is 2. The van der Waals surface area contributed by atoms with E-state index in [0.717, 1.165) is 23.1 Å². The monoisotopic (exact) mass is 583 g/mol. The molecule has 0 aliphatic heterocycles. The van der Waals surface area contributed by atoms with Crippen molar-refractivity contribution in [3.05, 3.63) is 101 Å². The van der Waals surface area contributed by atoms with Crippen LogP contribution in [-0.2, 0) is 39.0 Å². The summed E-state index contributed by atoms with van der Waals surface area (Å²) >= 11 is 6.08. The summed E-state index contributed by atoms with van der Waals surface area (Å²) in [5.74, 6) is -0.459. The van der Waals surface area contributed by atoms with Crippen LogP contribution >= 0.6 is 11.6 Å². The topological polar surface area (TPSA) is 86.8 Å². The molecule has 214 valence electrons. The Morgan fingerprint density at radius 1 is 0.875 bits per heavy atom. The Morgan fingerprint density at radius 3 is 2.08 bits per heavy atom. The third-order valence-corrected chi connectivity index (χ3v) is 8.12. The van der Waals surface area contributed by atoms with E-state index in [0.29, 0.717) is 30.1 Å². The van der Waals surface area contributed by atoms with Gasteiger partial charge in [-0.05, 0) is 60.7 Å². The number of anilines is 1. The number of hydrogen-bond donors (Lipinski definition) is 1. The highest BCUT2D eigenvalue weighted by atomic mass is 35.5. The van der Waals surface area contributed by atoms with Crippen LogP contribution in [0.15, 0.2) is 78.9 Å². The van der Waals surface area contributed by atoms with Gasteiger partial charge in [-0.15, -0.1) is 0 Å². The number of aryl methyl sites for hydroxylation is 1. The Bertz CT molecular complexity index is 1350. The molecular formula is C31H38ClN3O4S. The highest BCUT2D eigenvalue weighted by molar-refractivity contribution is 7.92. The van der Waals surface area contributed by atoms with Crippen LogP contribution in [0.4, 0.5) is 5.69 Å². The van der Waals surface area contributed by atoms with Crippen LogP contribution in [0.3, 0.4) is 0 Å². The van der Waals surface area contributed by atoms with E-state index < -0.39 is 16.1 Å². The first-order valence-electron chi connectivity index (χ1n) is 13.5. The Balaban J connectivity index is 1.84. The van der Waals surface area contributed by atoms with Crippen molar-refractivity contribution in [1.29, 1.82) is 0 Å². The quantitative estimate of drug-likeness (QED) is 0.282. The van der Waals surface area contributed by atoms with Crippen molar-refractivity contribution >= 4 is 39.1 Å². The maximum Gasteiger partial charge on any atom is 0.243 e. The molecule has 7 nitrogen and oxygen atoms in total. The molecular weight excluding hydrogens is 546 g/mol. The number of carbonyl (C=O) groups excluding carboxylic acids is 2. The number of nitrogens with one attached hydrogen (secondary N) is 1. The van der Waals surface area contributed by atoms with Gasteiger partial charge in [-0.3, -0.25) is 13.9 Å². The molecule has 0 radical (unpaired) electrons. The Hall–Kier alpha value is -3.36. The predicted octanol–water partition coefficient (Wildman–Crippen LogP) is 5.22. The van der Waals surface area contributed by atoms with E-state index in [1.54, 1.807) is 29.2 Å². The fourth-order valence-electron chi connectivity index (χ4n) is 4.53. The third kappa shape index (κ3) is 9.10. The molecule has 0 aliphatic carbocycles. The summed E-state index contributed by atoms with van der Waals surface area (Å²) in [6.07, 6.45) is 2.75. The zero-order valence-corrected chi connectivity index (χ0v) is 24.9. The number of amides is 2. The molecule has 3 aromatic carbocycles. The smallest absolute Gasteiger partial charge is 0.243 e. The lowest BCUT2D eigenvalue weighted by atomic mass is 10.0. The number of hydrogen-bond acceptors (Lipinski definition) is 4. The van der Waals surface area contributed by atoms with Crippen molar-refractivity contribution in [2.45, 2.75) is 52.1 Å². The summed E-state index contributed by atoms with van der Waals surface area (Å²) in [7, 11) is -3.55. The number of halogens is 1. The van der Waals surface area contributed by atoms with Crippen LogP contribution in [0.2, 0.25) is 5.02 Å². The Labute approximate surface area is 243 Å². The van der Waals surface area contributed by atoms with E-state index in [4.69, 9.17) is 11.6 Å². The van der Waals surface area contributed by atoms with Crippen molar-refractivity contribution in [1.82, 2.24) is 10.2 Å². The number of likely N-dealkylation sites (N-methyl/N-ethyl adjacent to an activating group) is 1. The van der Waals surface area contributed by atoms with E-state index in [1.165, 1.54) is 10.6 Å². The standard InChI is InChI=1S/C31H38ClN3O4S/c1-4-24-15-19-28(20-16-24)35(40(3,38)39)21-9-12-30(36)34(23-26-13-17-27(32)18-14-26)29(31(37)33-5-2)22-25-10-7-6-8-11-25/h6-8,10-11,13-20,29H,4-5,9,12,21-23H2,1-3H3,(H,33,37)/t29-/m1/s1. The average Bonchev–Trinajstić information content (AvgIpc) is 2.94. The molecule has 1 N–H and O–H groups in total. The van der Waals surface area contributed by atoms with Gasteiger partial charge in [-0.25, -0.2) is 8.42 Å². The fourth-order valence-corrected chi connectivity index (χ4v) is 5.63. The van der Waals surface area contributed by atoms with Crippen LogP contribution in [-0.4, -0.2) is 50.5 Å². The molecule has 0 fully saturated rings. The second-order valence-electron chi connectivity index (χ2n) is 9.71. The van der Waals surface area contributed by atoms with Gasteiger partial charge in [0.05, 0.1) is 11.9 Å². The summed E-state index contributed by atoms with van der Waals surface area (Å²) in [5.41, 5.74) is 3.45. The largest absolute Gasteiger partial charge is 0.355 e. The minimum absolute atomic E-state index is 0.0807. The van der Waals surface area contributed by atoms with Gasteiger partial charge in [0, 0.05) is 37.5 Å².